The SMILES string of the molecule is COCC(=O)Cc1ccc(-c2ccc(O)c3c2C[C@@H]2C[C@@H]4[C@@H](N(C)C)C(=O)C(C(N)=O)C(=O)[C@]4(O)C(=O)C2C3=O)cc1. The van der Waals surface area contributed by atoms with E-state index in [-0.39, 0.29) is 43.0 Å². The number of carbonyl (C=O) groups excluding carboxylic acids is 6. The molecule has 0 spiro atoms. The molecule has 11 heteroatoms. The van der Waals surface area contributed by atoms with E-state index in [9.17, 15) is 39.0 Å². The molecule has 0 heterocycles. The number of carbonyl (C=O) groups is 6. The molecule has 11 nitrogen and oxygen atoms in total. The van der Waals surface area contributed by atoms with Crippen molar-refractivity contribution in [3.05, 3.63) is 53.1 Å². The number of phenols is 1. The number of amides is 1. The van der Waals surface area contributed by atoms with Gasteiger partial charge in [0.2, 0.25) is 5.91 Å². The third-order valence-electron chi connectivity index (χ3n) is 8.92. The summed E-state index contributed by atoms with van der Waals surface area (Å²) < 4.78 is 4.88. The second kappa shape index (κ2) is 10.6. The van der Waals surface area contributed by atoms with E-state index in [4.69, 9.17) is 10.5 Å². The third-order valence-corrected chi connectivity index (χ3v) is 8.92. The number of likely N-dealkylation sites (N-methyl/N-ethyl adjacent to an activating group) is 1. The predicted molar refractivity (Wildman–Crippen MR) is 147 cm³/mol. The van der Waals surface area contributed by atoms with Crippen LogP contribution in [0.2, 0.25) is 0 Å². The van der Waals surface area contributed by atoms with Gasteiger partial charge in [-0.15, -0.1) is 0 Å². The van der Waals surface area contributed by atoms with Crippen LogP contribution in [-0.2, 0) is 41.6 Å². The summed E-state index contributed by atoms with van der Waals surface area (Å²) in [5.41, 5.74) is 5.17. The molecule has 42 heavy (non-hydrogen) atoms. The Morgan fingerprint density at radius 1 is 1.05 bits per heavy atom. The highest BCUT2D eigenvalue weighted by atomic mass is 16.5. The second-order valence-electron chi connectivity index (χ2n) is 11.6. The minimum absolute atomic E-state index is 0.00177. The number of primary amides is 1. The largest absolute Gasteiger partial charge is 0.507 e. The maximum absolute atomic E-state index is 13.9. The Labute approximate surface area is 241 Å². The van der Waals surface area contributed by atoms with Crippen LogP contribution in [0.3, 0.4) is 0 Å². The van der Waals surface area contributed by atoms with Crippen molar-refractivity contribution in [2.45, 2.75) is 30.9 Å². The molecule has 2 fully saturated rings. The van der Waals surface area contributed by atoms with Gasteiger partial charge in [-0.3, -0.25) is 33.7 Å². The Morgan fingerprint density at radius 2 is 1.71 bits per heavy atom. The first kappa shape index (κ1) is 29.4. The van der Waals surface area contributed by atoms with Gasteiger partial charge in [0.15, 0.2) is 40.4 Å². The normalized spacial score (nSPS) is 28.7. The summed E-state index contributed by atoms with van der Waals surface area (Å²) in [6.45, 7) is 0.00177. The highest BCUT2D eigenvalue weighted by molar-refractivity contribution is 6.32. The van der Waals surface area contributed by atoms with Crippen LogP contribution in [0.1, 0.15) is 27.9 Å². The summed E-state index contributed by atoms with van der Waals surface area (Å²) in [7, 11) is 4.53. The van der Waals surface area contributed by atoms with E-state index in [1.807, 2.05) is 0 Å². The average Bonchev–Trinajstić information content (AvgIpc) is 2.91. The van der Waals surface area contributed by atoms with Crippen LogP contribution in [-0.4, -0.2) is 89.4 Å². The number of methoxy groups -OCH3 is 1. The fourth-order valence-corrected chi connectivity index (χ4v) is 7.12. The summed E-state index contributed by atoms with van der Waals surface area (Å²) in [6, 6.07) is 9.03. The molecule has 1 amide bonds. The fourth-order valence-electron chi connectivity index (χ4n) is 7.12. The van der Waals surface area contributed by atoms with Gasteiger partial charge in [-0.25, -0.2) is 0 Å². The molecule has 0 radical (unpaired) electrons. The van der Waals surface area contributed by atoms with Crippen molar-refractivity contribution >= 4 is 34.8 Å². The van der Waals surface area contributed by atoms with Crippen LogP contribution in [0.5, 0.6) is 5.75 Å². The number of benzene rings is 2. The van der Waals surface area contributed by atoms with Crippen molar-refractivity contribution in [2.24, 2.45) is 29.4 Å². The number of hydrogen-bond acceptors (Lipinski definition) is 10. The minimum Gasteiger partial charge on any atom is -0.507 e. The first-order chi connectivity index (χ1) is 19.8. The lowest BCUT2D eigenvalue weighted by molar-refractivity contribution is -0.181. The van der Waals surface area contributed by atoms with Gasteiger partial charge < -0.3 is 20.7 Å². The molecule has 2 aromatic rings. The average molecular weight is 577 g/mol. The number of ether oxygens (including phenoxy) is 1. The standard InChI is InChI=1S/C31H32N2O9/c1-33(2)25-20-12-16-11-19-18(15-6-4-14(5-7-15)10-17(34)13-42-3)8-9-21(35)23(19)26(36)22(16)28(38)31(20,41)29(39)24(27(25)37)30(32)40/h4-9,16,20,22,24-25,35,41H,10-13H2,1-3H3,(H2,32,40)/t16-,20-,22?,24?,25-,31-/m1/s1. The van der Waals surface area contributed by atoms with E-state index in [1.165, 1.54) is 32.2 Å². The lowest BCUT2D eigenvalue weighted by Gasteiger charge is -2.52. The number of aromatic hydroxyl groups is 1. The number of phenolic OH excluding ortho intramolecular Hbond substituents is 1. The molecule has 2 saturated carbocycles. The van der Waals surface area contributed by atoms with Gasteiger partial charge in [0.05, 0.1) is 17.5 Å². The second-order valence-corrected chi connectivity index (χ2v) is 11.6. The zero-order valence-corrected chi connectivity index (χ0v) is 23.5. The smallest absolute Gasteiger partial charge is 0.235 e. The molecule has 3 aliphatic rings. The number of rotatable bonds is 7. The van der Waals surface area contributed by atoms with Gasteiger partial charge in [0, 0.05) is 19.4 Å². The molecule has 220 valence electrons. The molecule has 4 N–H and O–H groups in total. The van der Waals surface area contributed by atoms with Gasteiger partial charge in [-0.2, -0.15) is 0 Å². The van der Waals surface area contributed by atoms with Crippen LogP contribution in [0.15, 0.2) is 36.4 Å². The first-order valence-corrected chi connectivity index (χ1v) is 13.6. The molecular weight excluding hydrogens is 544 g/mol. The summed E-state index contributed by atoms with van der Waals surface area (Å²) >= 11 is 0. The zero-order chi connectivity index (χ0) is 30.7. The molecule has 2 unspecified atom stereocenters. The van der Waals surface area contributed by atoms with Crippen LogP contribution in [0.25, 0.3) is 11.1 Å². The predicted octanol–water partition coefficient (Wildman–Crippen LogP) is 0.292. The van der Waals surface area contributed by atoms with Gasteiger partial charge in [-0.05, 0) is 61.2 Å². The molecule has 0 aliphatic heterocycles. The van der Waals surface area contributed by atoms with Crippen LogP contribution < -0.4 is 5.73 Å². The summed E-state index contributed by atoms with van der Waals surface area (Å²) in [6.07, 6.45) is 0.320. The van der Waals surface area contributed by atoms with Gasteiger partial charge in [0.25, 0.3) is 0 Å². The summed E-state index contributed by atoms with van der Waals surface area (Å²) in [5, 5.41) is 22.4. The Morgan fingerprint density at radius 3 is 2.31 bits per heavy atom. The van der Waals surface area contributed by atoms with Crippen LogP contribution in [0.4, 0.5) is 0 Å². The maximum Gasteiger partial charge on any atom is 0.235 e. The lowest BCUT2D eigenvalue weighted by atomic mass is 9.52. The van der Waals surface area contributed by atoms with E-state index in [0.717, 1.165) is 11.1 Å². The highest BCUT2D eigenvalue weighted by Gasteiger charge is 2.69. The number of ketones is 5. The van der Waals surface area contributed by atoms with E-state index >= 15 is 0 Å². The van der Waals surface area contributed by atoms with Crippen molar-refractivity contribution < 1.29 is 43.7 Å². The molecule has 2 aromatic carbocycles. The molecule has 0 bridgehead atoms. The number of nitrogens with zero attached hydrogens (tertiary/aromatic N) is 1. The Kier molecular flexibility index (Phi) is 7.46. The van der Waals surface area contributed by atoms with E-state index < -0.39 is 64.4 Å². The molecule has 0 aromatic heterocycles. The lowest BCUT2D eigenvalue weighted by Crippen LogP contribution is -2.74. The molecule has 6 atom stereocenters. The van der Waals surface area contributed by atoms with Crippen molar-refractivity contribution in [2.75, 3.05) is 27.8 Å². The van der Waals surface area contributed by atoms with E-state index in [0.29, 0.717) is 11.1 Å². The van der Waals surface area contributed by atoms with E-state index in [1.54, 1.807) is 30.3 Å². The van der Waals surface area contributed by atoms with Crippen molar-refractivity contribution in [3.63, 3.8) is 0 Å². The number of fused-ring (bicyclic) bond motifs is 3. The highest BCUT2D eigenvalue weighted by Crippen LogP contribution is 2.51. The quantitative estimate of drug-likeness (QED) is 0.388. The Bertz CT molecular complexity index is 1530. The van der Waals surface area contributed by atoms with Gasteiger partial charge >= 0.3 is 0 Å². The Balaban J connectivity index is 1.56. The monoisotopic (exact) mass is 576 g/mol. The number of hydrogen-bond donors (Lipinski definition) is 3. The number of Topliss-reactive ketones (excluding diaryl/α,β-unsaturated/α-hetero) is 5. The molecular formula is C31H32N2O9. The maximum atomic E-state index is 13.9. The van der Waals surface area contributed by atoms with Crippen molar-refractivity contribution in [3.8, 4) is 16.9 Å². The van der Waals surface area contributed by atoms with Crippen LogP contribution >= 0.6 is 0 Å². The van der Waals surface area contributed by atoms with Gasteiger partial charge in [0.1, 0.15) is 12.4 Å². The molecule has 0 saturated heterocycles. The zero-order valence-electron chi connectivity index (χ0n) is 23.5. The summed E-state index contributed by atoms with van der Waals surface area (Å²) in [5.74, 6) is -10.9. The summed E-state index contributed by atoms with van der Waals surface area (Å²) in [4.78, 5) is 80.0. The van der Waals surface area contributed by atoms with Crippen molar-refractivity contribution in [1.82, 2.24) is 4.90 Å². The van der Waals surface area contributed by atoms with Crippen LogP contribution in [0, 0.1) is 23.7 Å². The molecule has 5 rings (SSSR count). The van der Waals surface area contributed by atoms with Crippen molar-refractivity contribution in [1.29, 1.82) is 0 Å². The fraction of sp³-hybridized carbons (Fsp3) is 0.419. The minimum atomic E-state index is -2.76. The number of aliphatic hydroxyl groups is 1. The topological polar surface area (TPSA) is 181 Å². The van der Waals surface area contributed by atoms with E-state index in [2.05, 4.69) is 0 Å². The molecule has 3 aliphatic carbocycles. The Hall–Kier alpha value is -4.06. The van der Waals surface area contributed by atoms with Gasteiger partial charge in [-0.1, -0.05) is 30.3 Å². The number of nitrogens with two attached hydrogens (primary N) is 1. The third kappa shape index (κ3) is 4.39. The first-order valence-electron chi connectivity index (χ1n) is 13.6.